The molecule has 3 N–H and O–H groups in total. The summed E-state index contributed by atoms with van der Waals surface area (Å²) in [5, 5.41) is 15.7. The van der Waals surface area contributed by atoms with Crippen LogP contribution in [0, 0.1) is 24.6 Å². The molecule has 0 heterocycles. The van der Waals surface area contributed by atoms with Crippen LogP contribution in [0.15, 0.2) is 54.6 Å². The topological polar surface area (TPSA) is 81.7 Å². The Balaban J connectivity index is 2.13. The van der Waals surface area contributed by atoms with E-state index in [4.69, 9.17) is 11.6 Å². The van der Waals surface area contributed by atoms with Crippen molar-refractivity contribution in [2.24, 2.45) is 11.8 Å². The van der Waals surface area contributed by atoms with Crippen molar-refractivity contribution in [1.29, 1.82) is 0 Å². The van der Waals surface area contributed by atoms with E-state index < -0.39 is 17.8 Å². The molecule has 3 rings (SSSR count). The Morgan fingerprint density at radius 3 is 2.14 bits per heavy atom. The SMILES string of the molecule is Cc1ccc(NC(=O)Nc2cc(-c3cc(F)ccc3C(=O)O)cc(Cl)c2N(CC(C)C)CC(C)C)cc1. The zero-order chi connectivity index (χ0) is 27.3. The number of carboxylic acid groups (broad SMARTS) is 1. The molecule has 0 bridgehead atoms. The van der Waals surface area contributed by atoms with E-state index in [1.807, 2.05) is 19.1 Å². The molecule has 0 aliphatic carbocycles. The van der Waals surface area contributed by atoms with E-state index in [2.05, 4.69) is 43.2 Å². The highest BCUT2D eigenvalue weighted by Gasteiger charge is 2.22. The molecule has 0 aliphatic heterocycles. The van der Waals surface area contributed by atoms with E-state index in [0.29, 0.717) is 52.6 Å². The number of halogens is 2. The molecule has 0 fully saturated rings. The number of nitrogens with zero attached hydrogens (tertiary/aromatic N) is 1. The number of rotatable bonds is 9. The number of aryl methyl sites for hydroxylation is 1. The minimum atomic E-state index is -1.19. The molecule has 0 unspecified atom stereocenters. The molecule has 3 aromatic rings. The van der Waals surface area contributed by atoms with Gasteiger partial charge in [-0.25, -0.2) is 14.0 Å². The Kier molecular flexibility index (Phi) is 9.16. The molecular formula is C29H33ClFN3O3. The number of hydrogen-bond donors (Lipinski definition) is 3. The summed E-state index contributed by atoms with van der Waals surface area (Å²) in [5.74, 6) is -1.15. The molecule has 3 aromatic carbocycles. The second-order valence-electron chi connectivity index (χ2n) is 9.99. The maximum Gasteiger partial charge on any atom is 0.336 e. The summed E-state index contributed by atoms with van der Waals surface area (Å²) < 4.78 is 14.2. The van der Waals surface area contributed by atoms with Gasteiger partial charge >= 0.3 is 12.0 Å². The zero-order valence-corrected chi connectivity index (χ0v) is 22.5. The Bertz CT molecular complexity index is 1270. The van der Waals surface area contributed by atoms with E-state index in [9.17, 15) is 19.1 Å². The van der Waals surface area contributed by atoms with Gasteiger partial charge in [-0.3, -0.25) is 0 Å². The van der Waals surface area contributed by atoms with Gasteiger partial charge in [0.05, 0.1) is 22.0 Å². The van der Waals surface area contributed by atoms with Crippen molar-refractivity contribution < 1.29 is 19.1 Å². The number of carbonyl (C=O) groups is 2. The van der Waals surface area contributed by atoms with Crippen molar-refractivity contribution >= 4 is 40.7 Å². The van der Waals surface area contributed by atoms with Gasteiger partial charge in [0, 0.05) is 18.8 Å². The third-order valence-corrected chi connectivity index (χ3v) is 5.92. The van der Waals surface area contributed by atoms with Crippen LogP contribution >= 0.6 is 11.6 Å². The monoisotopic (exact) mass is 525 g/mol. The van der Waals surface area contributed by atoms with Crippen LogP contribution in [0.5, 0.6) is 0 Å². The summed E-state index contributed by atoms with van der Waals surface area (Å²) in [6.07, 6.45) is 0. The first-order valence-corrected chi connectivity index (χ1v) is 12.6. The van der Waals surface area contributed by atoms with E-state index in [1.54, 1.807) is 24.3 Å². The van der Waals surface area contributed by atoms with Crippen LogP contribution in [-0.4, -0.2) is 30.2 Å². The van der Waals surface area contributed by atoms with Crippen molar-refractivity contribution in [3.8, 4) is 11.1 Å². The second-order valence-corrected chi connectivity index (χ2v) is 10.4. The molecular weight excluding hydrogens is 493 g/mol. The summed E-state index contributed by atoms with van der Waals surface area (Å²) in [6, 6.07) is 13.6. The van der Waals surface area contributed by atoms with Crippen molar-refractivity contribution in [2.75, 3.05) is 28.6 Å². The molecule has 6 nitrogen and oxygen atoms in total. The number of benzene rings is 3. The number of anilines is 3. The first kappa shape index (κ1) is 28.0. The van der Waals surface area contributed by atoms with Gasteiger partial charge in [-0.05, 0) is 72.4 Å². The van der Waals surface area contributed by atoms with Crippen LogP contribution in [0.2, 0.25) is 5.02 Å². The number of amides is 2. The van der Waals surface area contributed by atoms with Crippen LogP contribution in [0.3, 0.4) is 0 Å². The van der Waals surface area contributed by atoms with Gasteiger partial charge in [-0.15, -0.1) is 0 Å². The maximum absolute atomic E-state index is 14.2. The van der Waals surface area contributed by atoms with Gasteiger partial charge in [-0.2, -0.15) is 0 Å². The molecule has 0 aliphatic rings. The maximum atomic E-state index is 14.2. The number of carbonyl (C=O) groups excluding carboxylic acids is 1. The fourth-order valence-corrected chi connectivity index (χ4v) is 4.51. The molecule has 0 saturated carbocycles. The van der Waals surface area contributed by atoms with Gasteiger partial charge in [0.2, 0.25) is 0 Å². The van der Waals surface area contributed by atoms with Crippen molar-refractivity contribution in [2.45, 2.75) is 34.6 Å². The van der Waals surface area contributed by atoms with E-state index in [1.165, 1.54) is 6.07 Å². The number of carboxylic acids is 1. The van der Waals surface area contributed by atoms with Gasteiger partial charge in [-0.1, -0.05) is 57.0 Å². The number of urea groups is 1. The molecule has 0 radical (unpaired) electrons. The molecule has 0 saturated heterocycles. The van der Waals surface area contributed by atoms with Gasteiger partial charge in [0.1, 0.15) is 5.82 Å². The summed E-state index contributed by atoms with van der Waals surface area (Å²) in [6.45, 7) is 11.7. The molecule has 0 aromatic heterocycles. The lowest BCUT2D eigenvalue weighted by Gasteiger charge is -2.31. The lowest BCUT2D eigenvalue weighted by molar-refractivity contribution is 0.0697. The number of nitrogens with one attached hydrogen (secondary N) is 2. The minimum absolute atomic E-state index is 0.0681. The van der Waals surface area contributed by atoms with E-state index >= 15 is 0 Å². The first-order valence-electron chi connectivity index (χ1n) is 12.2. The van der Waals surface area contributed by atoms with Gasteiger partial charge in [0.15, 0.2) is 0 Å². The minimum Gasteiger partial charge on any atom is -0.478 e. The zero-order valence-electron chi connectivity index (χ0n) is 21.7. The second kappa shape index (κ2) is 12.1. The molecule has 0 atom stereocenters. The van der Waals surface area contributed by atoms with E-state index in [-0.39, 0.29) is 11.1 Å². The summed E-state index contributed by atoms with van der Waals surface area (Å²) >= 11 is 6.82. The molecule has 196 valence electrons. The Labute approximate surface area is 222 Å². The van der Waals surface area contributed by atoms with Crippen LogP contribution in [0.25, 0.3) is 11.1 Å². The van der Waals surface area contributed by atoms with Crippen molar-refractivity contribution in [3.05, 3.63) is 76.6 Å². The Morgan fingerprint density at radius 1 is 0.946 bits per heavy atom. The smallest absolute Gasteiger partial charge is 0.336 e. The fraction of sp³-hybridized carbons (Fsp3) is 0.310. The highest BCUT2D eigenvalue weighted by atomic mass is 35.5. The predicted molar refractivity (Wildman–Crippen MR) is 150 cm³/mol. The molecule has 2 amide bonds. The van der Waals surface area contributed by atoms with Gasteiger partial charge in [0.25, 0.3) is 0 Å². The summed E-state index contributed by atoms with van der Waals surface area (Å²) in [7, 11) is 0. The standard InChI is InChI=1S/C29H33ClFN3O3/c1-17(2)15-34(16-18(3)4)27-25(30)12-20(24-14-21(31)8-11-23(24)28(35)36)13-26(27)33-29(37)32-22-9-6-19(5)7-10-22/h6-14,17-18H,15-16H2,1-5H3,(H,35,36)(H2,32,33,37). The van der Waals surface area contributed by atoms with Crippen molar-refractivity contribution in [3.63, 3.8) is 0 Å². The van der Waals surface area contributed by atoms with Crippen LogP contribution < -0.4 is 15.5 Å². The molecule has 0 spiro atoms. The average Bonchev–Trinajstić information content (AvgIpc) is 2.79. The van der Waals surface area contributed by atoms with Gasteiger partial charge < -0.3 is 20.6 Å². The van der Waals surface area contributed by atoms with Crippen LogP contribution in [0.1, 0.15) is 43.6 Å². The largest absolute Gasteiger partial charge is 0.478 e. The summed E-state index contributed by atoms with van der Waals surface area (Å²) in [5.41, 5.74) is 3.18. The van der Waals surface area contributed by atoms with Crippen LogP contribution in [-0.2, 0) is 0 Å². The molecule has 8 heteroatoms. The number of hydrogen-bond acceptors (Lipinski definition) is 3. The lowest BCUT2D eigenvalue weighted by Crippen LogP contribution is -2.33. The average molecular weight is 526 g/mol. The first-order chi connectivity index (χ1) is 17.4. The van der Waals surface area contributed by atoms with E-state index in [0.717, 1.165) is 17.7 Å². The third kappa shape index (κ3) is 7.46. The lowest BCUT2D eigenvalue weighted by atomic mass is 9.97. The third-order valence-electron chi connectivity index (χ3n) is 5.63. The highest BCUT2D eigenvalue weighted by molar-refractivity contribution is 6.34. The Morgan fingerprint density at radius 2 is 1.57 bits per heavy atom. The normalized spacial score (nSPS) is 11.1. The van der Waals surface area contributed by atoms with Crippen molar-refractivity contribution in [1.82, 2.24) is 0 Å². The molecule has 37 heavy (non-hydrogen) atoms. The summed E-state index contributed by atoms with van der Waals surface area (Å²) in [4.78, 5) is 27.0. The van der Waals surface area contributed by atoms with Crippen LogP contribution in [0.4, 0.5) is 26.2 Å². The number of aromatic carboxylic acids is 1. The Hall–Kier alpha value is -3.58. The highest BCUT2D eigenvalue weighted by Crippen LogP contribution is 2.40. The quantitative estimate of drug-likeness (QED) is 0.265. The fourth-order valence-electron chi connectivity index (χ4n) is 4.17. The predicted octanol–water partition coefficient (Wildman–Crippen LogP) is 7.92.